The Hall–Kier alpha value is -4.16. The highest BCUT2D eigenvalue weighted by Crippen LogP contribution is 2.23. The number of sulfonamides is 1. The minimum Gasteiger partial charge on any atom is -0.460 e. The highest BCUT2D eigenvalue weighted by molar-refractivity contribution is 7.89. The number of hydrogen-bond acceptors (Lipinski definition) is 5. The lowest BCUT2D eigenvalue weighted by Gasteiger charge is -2.21. The first-order chi connectivity index (χ1) is 19.1. The van der Waals surface area contributed by atoms with Gasteiger partial charge in [0.25, 0.3) is 5.91 Å². The van der Waals surface area contributed by atoms with Crippen LogP contribution in [-0.4, -0.2) is 18.6 Å². The molecule has 0 saturated heterocycles. The summed E-state index contributed by atoms with van der Waals surface area (Å²) in [4.78, 5) is 12.8. The van der Waals surface area contributed by atoms with Gasteiger partial charge in [-0.1, -0.05) is 71.3 Å². The van der Waals surface area contributed by atoms with E-state index in [-0.39, 0.29) is 35.9 Å². The summed E-state index contributed by atoms with van der Waals surface area (Å²) >= 11 is 5.89. The van der Waals surface area contributed by atoms with Crippen molar-refractivity contribution in [2.24, 2.45) is 0 Å². The van der Waals surface area contributed by atoms with Gasteiger partial charge in [-0.25, -0.2) is 8.42 Å². The molecule has 4 aromatic rings. The highest BCUT2D eigenvalue weighted by atomic mass is 35.5. The Morgan fingerprint density at radius 3 is 2.12 bits per heavy atom. The van der Waals surface area contributed by atoms with Crippen LogP contribution in [0, 0.1) is 25.2 Å². The van der Waals surface area contributed by atoms with Crippen LogP contribution in [0.15, 0.2) is 99.8 Å². The predicted octanol–water partition coefficient (Wildman–Crippen LogP) is 6.16. The molecule has 0 radical (unpaired) electrons. The van der Waals surface area contributed by atoms with Crippen LogP contribution in [-0.2, 0) is 34.5 Å². The molecule has 40 heavy (non-hydrogen) atoms. The number of carbonyl (C=O) groups is 1. The summed E-state index contributed by atoms with van der Waals surface area (Å²) in [5.41, 5.74) is 3.55. The van der Waals surface area contributed by atoms with Gasteiger partial charge >= 0.3 is 0 Å². The highest BCUT2D eigenvalue weighted by Gasteiger charge is 2.26. The van der Waals surface area contributed by atoms with Crippen LogP contribution in [0.3, 0.4) is 0 Å². The van der Waals surface area contributed by atoms with Crippen LogP contribution in [0.2, 0.25) is 5.02 Å². The second-order valence-corrected chi connectivity index (χ2v) is 11.7. The number of benzene rings is 3. The van der Waals surface area contributed by atoms with Gasteiger partial charge in [0.2, 0.25) is 10.0 Å². The molecule has 7 nitrogen and oxygen atoms in total. The lowest BCUT2D eigenvalue weighted by Crippen LogP contribution is -2.30. The maximum absolute atomic E-state index is 13.6. The maximum Gasteiger partial charge on any atom is 0.262 e. The largest absolute Gasteiger partial charge is 0.460 e. The molecule has 0 spiro atoms. The standard InChI is InChI=1S/C31H28ClN3O4S/c1-22-3-7-25(8-4-22)20-35(40(37,38)30-15-5-23(2)6-16-30)21-29-14-13-28(39-29)17-26(18-33)31(36)34-19-24-9-11-27(32)12-10-24/h3-17H,19-21H2,1-2H3,(H,34,36)/b26-17-. The van der Waals surface area contributed by atoms with Crippen molar-refractivity contribution < 1.29 is 17.6 Å². The van der Waals surface area contributed by atoms with E-state index in [0.717, 1.165) is 22.3 Å². The van der Waals surface area contributed by atoms with Crippen molar-refractivity contribution in [3.63, 3.8) is 0 Å². The third kappa shape index (κ3) is 7.48. The smallest absolute Gasteiger partial charge is 0.262 e. The molecule has 3 aromatic carbocycles. The first-order valence-corrected chi connectivity index (χ1v) is 14.3. The topological polar surface area (TPSA) is 103 Å². The van der Waals surface area contributed by atoms with Gasteiger partial charge in [-0.15, -0.1) is 0 Å². The Kier molecular flexibility index (Phi) is 9.22. The Morgan fingerprint density at radius 2 is 1.50 bits per heavy atom. The van der Waals surface area contributed by atoms with Crippen molar-refractivity contribution in [1.82, 2.24) is 9.62 Å². The van der Waals surface area contributed by atoms with Crippen molar-refractivity contribution in [3.8, 4) is 6.07 Å². The second-order valence-electron chi connectivity index (χ2n) is 9.35. The molecule has 0 unspecified atom stereocenters. The SMILES string of the molecule is Cc1ccc(CN(Cc2ccc(/C=C(/C#N)C(=O)NCc3ccc(Cl)cc3)o2)S(=O)(=O)c2ccc(C)cc2)cc1. The Balaban J connectivity index is 1.53. The number of carbonyl (C=O) groups excluding carboxylic acids is 1. The van der Waals surface area contributed by atoms with Gasteiger partial charge in [-0.2, -0.15) is 9.57 Å². The van der Waals surface area contributed by atoms with E-state index in [2.05, 4.69) is 5.32 Å². The second kappa shape index (κ2) is 12.8. The number of nitrogens with one attached hydrogen (secondary N) is 1. The molecule has 0 fully saturated rings. The fourth-order valence-corrected chi connectivity index (χ4v) is 5.40. The Morgan fingerprint density at radius 1 is 0.900 bits per heavy atom. The molecule has 0 aliphatic carbocycles. The first kappa shape index (κ1) is 28.8. The van der Waals surface area contributed by atoms with Gasteiger partial charge in [-0.3, -0.25) is 4.79 Å². The average molecular weight is 574 g/mol. The normalized spacial score (nSPS) is 11.8. The van der Waals surface area contributed by atoms with Crippen molar-refractivity contribution in [3.05, 3.63) is 129 Å². The molecule has 0 atom stereocenters. The molecule has 0 bridgehead atoms. The number of nitriles is 1. The summed E-state index contributed by atoms with van der Waals surface area (Å²) in [6, 6.07) is 26.5. The van der Waals surface area contributed by atoms with Gasteiger partial charge in [0, 0.05) is 24.2 Å². The molecular formula is C31H28ClN3O4S. The molecule has 1 amide bonds. The van der Waals surface area contributed by atoms with Crippen LogP contribution >= 0.6 is 11.6 Å². The third-order valence-electron chi connectivity index (χ3n) is 6.17. The van der Waals surface area contributed by atoms with E-state index < -0.39 is 15.9 Å². The van der Waals surface area contributed by atoms with E-state index in [9.17, 15) is 18.5 Å². The number of amides is 1. The zero-order chi connectivity index (χ0) is 28.7. The summed E-state index contributed by atoms with van der Waals surface area (Å²) in [6.07, 6.45) is 1.33. The summed E-state index contributed by atoms with van der Waals surface area (Å²) in [7, 11) is -3.86. The van der Waals surface area contributed by atoms with E-state index in [4.69, 9.17) is 16.0 Å². The van der Waals surface area contributed by atoms with Gasteiger partial charge in [0.05, 0.1) is 11.4 Å². The molecule has 9 heteroatoms. The van der Waals surface area contributed by atoms with Crippen LogP contribution < -0.4 is 5.32 Å². The lowest BCUT2D eigenvalue weighted by molar-refractivity contribution is -0.117. The van der Waals surface area contributed by atoms with Crippen LogP contribution in [0.4, 0.5) is 0 Å². The fraction of sp³-hybridized carbons (Fsp3) is 0.161. The molecule has 1 N–H and O–H groups in total. The number of furan rings is 1. The van der Waals surface area contributed by atoms with E-state index in [1.54, 1.807) is 60.7 Å². The van der Waals surface area contributed by atoms with Gasteiger partial charge in [-0.05, 0) is 61.4 Å². The molecule has 1 aromatic heterocycles. The molecule has 0 aliphatic rings. The molecule has 1 heterocycles. The third-order valence-corrected chi connectivity index (χ3v) is 8.23. The number of nitrogens with zero attached hydrogens (tertiary/aromatic N) is 2. The molecular weight excluding hydrogens is 546 g/mol. The van der Waals surface area contributed by atoms with Crippen LogP contribution in [0.5, 0.6) is 0 Å². The Labute approximate surface area is 239 Å². The lowest BCUT2D eigenvalue weighted by atomic mass is 10.1. The number of hydrogen-bond donors (Lipinski definition) is 1. The monoisotopic (exact) mass is 573 g/mol. The predicted molar refractivity (Wildman–Crippen MR) is 154 cm³/mol. The van der Waals surface area contributed by atoms with E-state index >= 15 is 0 Å². The average Bonchev–Trinajstić information content (AvgIpc) is 3.39. The van der Waals surface area contributed by atoms with Gasteiger partial charge in [0.1, 0.15) is 23.2 Å². The summed E-state index contributed by atoms with van der Waals surface area (Å²) in [6.45, 7) is 4.19. The van der Waals surface area contributed by atoms with Gasteiger partial charge < -0.3 is 9.73 Å². The minimum atomic E-state index is -3.86. The number of aryl methyl sites for hydroxylation is 2. The minimum absolute atomic E-state index is 0.0391. The van der Waals surface area contributed by atoms with Crippen molar-refractivity contribution in [2.75, 3.05) is 0 Å². The number of halogens is 1. The Bertz CT molecular complexity index is 1650. The van der Waals surface area contributed by atoms with E-state index in [0.29, 0.717) is 10.8 Å². The zero-order valence-electron chi connectivity index (χ0n) is 22.1. The zero-order valence-corrected chi connectivity index (χ0v) is 23.7. The summed E-state index contributed by atoms with van der Waals surface area (Å²) < 4.78 is 34.4. The molecule has 0 aliphatic heterocycles. The summed E-state index contributed by atoms with van der Waals surface area (Å²) in [5, 5.41) is 12.8. The van der Waals surface area contributed by atoms with Crippen molar-refractivity contribution in [1.29, 1.82) is 5.26 Å². The molecule has 4 rings (SSSR count). The number of rotatable bonds is 10. The maximum atomic E-state index is 13.6. The van der Waals surface area contributed by atoms with Gasteiger partial charge in [0.15, 0.2) is 0 Å². The van der Waals surface area contributed by atoms with E-state index in [1.165, 1.54) is 10.4 Å². The molecule has 0 saturated carbocycles. The summed E-state index contributed by atoms with van der Waals surface area (Å²) in [5.74, 6) is 0.0717. The quantitative estimate of drug-likeness (QED) is 0.181. The fourth-order valence-electron chi connectivity index (χ4n) is 3.88. The molecule has 204 valence electrons. The van der Waals surface area contributed by atoms with Crippen molar-refractivity contribution >= 4 is 33.6 Å². The van der Waals surface area contributed by atoms with Crippen LogP contribution in [0.1, 0.15) is 33.8 Å². The first-order valence-electron chi connectivity index (χ1n) is 12.5. The van der Waals surface area contributed by atoms with Crippen molar-refractivity contribution in [2.45, 2.75) is 38.4 Å². The van der Waals surface area contributed by atoms with Crippen LogP contribution in [0.25, 0.3) is 6.08 Å². The van der Waals surface area contributed by atoms with E-state index in [1.807, 2.05) is 44.2 Å².